The number of anilines is 1. The van der Waals surface area contributed by atoms with Gasteiger partial charge >= 0.3 is 5.97 Å². The Hall–Kier alpha value is -3.54. The molecule has 40 heavy (non-hydrogen) atoms. The minimum Gasteiger partial charge on any atom is -0.477 e. The lowest BCUT2D eigenvalue weighted by atomic mass is 10.0. The molecule has 2 aromatic heterocycles. The van der Waals surface area contributed by atoms with Gasteiger partial charge < -0.3 is 29.2 Å². The van der Waals surface area contributed by atoms with Gasteiger partial charge in [-0.05, 0) is 31.9 Å². The van der Waals surface area contributed by atoms with E-state index in [0.717, 1.165) is 35.4 Å². The van der Waals surface area contributed by atoms with Crippen molar-refractivity contribution >= 4 is 22.6 Å². The van der Waals surface area contributed by atoms with E-state index in [4.69, 9.17) is 14.5 Å². The summed E-state index contributed by atoms with van der Waals surface area (Å²) in [5, 5.41) is 19.8. The normalized spacial score (nSPS) is 19.0. The Morgan fingerprint density at radius 3 is 2.58 bits per heavy atom. The predicted molar refractivity (Wildman–Crippen MR) is 145 cm³/mol. The van der Waals surface area contributed by atoms with Crippen molar-refractivity contribution in [2.45, 2.75) is 65.2 Å². The highest BCUT2D eigenvalue weighted by molar-refractivity contribution is 5.93. The Bertz CT molecular complexity index is 1570. The molecule has 2 fully saturated rings. The number of fused-ring (bicyclic) bond motifs is 2. The van der Waals surface area contributed by atoms with E-state index in [1.807, 2.05) is 30.2 Å². The van der Waals surface area contributed by atoms with Gasteiger partial charge in [-0.2, -0.15) is 0 Å². The number of aryl methyl sites for hydroxylation is 1. The fourth-order valence-corrected chi connectivity index (χ4v) is 5.74. The second-order valence-corrected chi connectivity index (χ2v) is 11.3. The molecule has 212 valence electrons. The summed E-state index contributed by atoms with van der Waals surface area (Å²) < 4.78 is 29.0. The number of piperazine rings is 1. The molecule has 2 aliphatic heterocycles. The molecule has 0 radical (unpaired) electrons. The van der Waals surface area contributed by atoms with Crippen LogP contribution in [0.2, 0.25) is 0 Å². The number of nitrogens with zero attached hydrogens (tertiary/aromatic N) is 4. The van der Waals surface area contributed by atoms with Gasteiger partial charge in [0.1, 0.15) is 17.1 Å². The van der Waals surface area contributed by atoms with Crippen molar-refractivity contribution in [2.24, 2.45) is 0 Å². The topological polar surface area (TPSA) is 117 Å². The number of carbonyl (C=O) groups is 1. The lowest BCUT2D eigenvalue weighted by molar-refractivity contribution is -0.181. The molecule has 4 heterocycles. The van der Waals surface area contributed by atoms with Crippen molar-refractivity contribution in [1.82, 2.24) is 14.5 Å². The number of aromatic carboxylic acids is 1. The third-order valence-electron chi connectivity index (χ3n) is 8.05. The van der Waals surface area contributed by atoms with Crippen LogP contribution in [0.5, 0.6) is 5.75 Å². The van der Waals surface area contributed by atoms with Gasteiger partial charge in [0.25, 0.3) is 0 Å². The molecule has 6 rings (SSSR count). The van der Waals surface area contributed by atoms with Gasteiger partial charge in [0.05, 0.1) is 35.8 Å². The maximum Gasteiger partial charge on any atom is 0.341 e. The van der Waals surface area contributed by atoms with E-state index < -0.39 is 23.0 Å². The molecule has 0 amide bonds. The quantitative estimate of drug-likeness (QED) is 0.475. The molecule has 2 N–H and O–H groups in total. The number of pyridine rings is 2. The van der Waals surface area contributed by atoms with E-state index in [1.165, 1.54) is 12.3 Å². The number of aromatic nitrogens is 2. The summed E-state index contributed by atoms with van der Waals surface area (Å²) in [5.41, 5.74) is 3.04. The molecular weight excluding hydrogens is 519 g/mol. The van der Waals surface area contributed by atoms with Crippen LogP contribution in [0.4, 0.5) is 10.1 Å². The van der Waals surface area contributed by atoms with Gasteiger partial charge in [0.15, 0.2) is 0 Å². The number of ether oxygens (including phenoxy) is 2. The summed E-state index contributed by atoms with van der Waals surface area (Å²) in [5.74, 6) is -1.94. The maximum absolute atomic E-state index is 15.4. The zero-order valence-electron chi connectivity index (χ0n) is 22.9. The van der Waals surface area contributed by atoms with Crippen LogP contribution in [0.15, 0.2) is 23.1 Å². The number of benzene rings is 1. The SMILES string of the molecule is Cc1nc(CN2CCN(c3cc4c(cc3F)c(=O)c(C(=O)O)cn4C3CC3)CC2)c(CO)c2c1OC(C)(C)OC2. The average molecular weight is 553 g/mol. The number of aliphatic hydroxyl groups excluding tert-OH is 1. The fourth-order valence-electron chi connectivity index (χ4n) is 5.74. The highest BCUT2D eigenvalue weighted by Gasteiger charge is 2.33. The molecule has 1 aromatic carbocycles. The minimum atomic E-state index is -1.31. The summed E-state index contributed by atoms with van der Waals surface area (Å²) >= 11 is 0. The molecule has 0 atom stereocenters. The molecule has 0 spiro atoms. The lowest BCUT2D eigenvalue weighted by Gasteiger charge is -2.37. The Morgan fingerprint density at radius 2 is 1.93 bits per heavy atom. The minimum absolute atomic E-state index is 0.0911. The van der Waals surface area contributed by atoms with Gasteiger partial charge in [-0.1, -0.05) is 0 Å². The van der Waals surface area contributed by atoms with Crippen LogP contribution in [0, 0.1) is 12.7 Å². The smallest absolute Gasteiger partial charge is 0.341 e. The monoisotopic (exact) mass is 552 g/mol. The van der Waals surface area contributed by atoms with Gasteiger partial charge in [-0.15, -0.1) is 0 Å². The molecule has 0 bridgehead atoms. The molecular formula is C29H33FN4O6. The second kappa shape index (κ2) is 9.83. The third kappa shape index (κ3) is 4.71. The van der Waals surface area contributed by atoms with Crippen LogP contribution in [-0.2, 0) is 24.5 Å². The van der Waals surface area contributed by atoms with E-state index in [0.29, 0.717) is 56.3 Å². The largest absolute Gasteiger partial charge is 0.477 e. The second-order valence-electron chi connectivity index (χ2n) is 11.3. The predicted octanol–water partition coefficient (Wildman–Crippen LogP) is 3.34. The van der Waals surface area contributed by atoms with Gasteiger partial charge in [0, 0.05) is 75.3 Å². The molecule has 3 aromatic rings. The molecule has 0 unspecified atom stereocenters. The van der Waals surface area contributed by atoms with E-state index in [9.17, 15) is 19.8 Å². The summed E-state index contributed by atoms with van der Waals surface area (Å²) in [7, 11) is 0. The first-order chi connectivity index (χ1) is 19.1. The van der Waals surface area contributed by atoms with Gasteiger partial charge in [-0.3, -0.25) is 14.7 Å². The lowest BCUT2D eigenvalue weighted by Crippen LogP contribution is -2.46. The first-order valence-corrected chi connectivity index (χ1v) is 13.6. The average Bonchev–Trinajstić information content (AvgIpc) is 3.75. The highest BCUT2D eigenvalue weighted by Crippen LogP contribution is 2.39. The van der Waals surface area contributed by atoms with E-state index in [1.54, 1.807) is 6.07 Å². The van der Waals surface area contributed by atoms with Crippen LogP contribution in [-0.4, -0.2) is 62.6 Å². The molecule has 3 aliphatic rings. The Kier molecular flexibility index (Phi) is 6.55. The maximum atomic E-state index is 15.4. The summed E-state index contributed by atoms with van der Waals surface area (Å²) in [6.45, 7) is 8.68. The number of carboxylic acid groups (broad SMARTS) is 1. The Labute approximate surface area is 230 Å². The molecule has 1 aliphatic carbocycles. The molecule has 1 saturated heterocycles. The Balaban J connectivity index is 1.23. The van der Waals surface area contributed by atoms with Crippen molar-refractivity contribution < 1.29 is 28.9 Å². The van der Waals surface area contributed by atoms with Crippen LogP contribution in [0.1, 0.15) is 65.6 Å². The molecule has 10 nitrogen and oxygen atoms in total. The number of carboxylic acids is 1. The fraction of sp³-hybridized carbons (Fsp3) is 0.483. The van der Waals surface area contributed by atoms with E-state index in [2.05, 4.69) is 4.90 Å². The van der Waals surface area contributed by atoms with Gasteiger partial charge in [-0.25, -0.2) is 9.18 Å². The standard InChI is InChI=1S/C29H33FN4O6/c1-16-27-21(15-39-29(2,3)40-27)20(14-35)23(31-16)13-32-6-8-33(9-7-32)25-11-24-18(10-22(25)30)26(36)19(28(37)38)12-34(24)17-4-5-17/h10-12,17,35H,4-9,13-15H2,1-3H3,(H,37,38). The molecule has 11 heteroatoms. The van der Waals surface area contributed by atoms with Crippen LogP contribution in [0.25, 0.3) is 10.9 Å². The molecule has 1 saturated carbocycles. The van der Waals surface area contributed by atoms with Gasteiger partial charge in [0.2, 0.25) is 11.2 Å². The van der Waals surface area contributed by atoms with Crippen molar-refractivity contribution in [1.29, 1.82) is 0 Å². The van der Waals surface area contributed by atoms with E-state index >= 15 is 4.39 Å². The summed E-state index contributed by atoms with van der Waals surface area (Å²) in [6.07, 6.45) is 3.18. The number of hydrogen-bond donors (Lipinski definition) is 2. The first kappa shape index (κ1) is 26.7. The van der Waals surface area contributed by atoms with Crippen molar-refractivity contribution in [3.8, 4) is 5.75 Å². The zero-order valence-corrected chi connectivity index (χ0v) is 22.9. The number of aliphatic hydroxyl groups is 1. The van der Waals surface area contributed by atoms with Crippen LogP contribution < -0.4 is 15.1 Å². The van der Waals surface area contributed by atoms with Crippen LogP contribution in [0.3, 0.4) is 0 Å². The van der Waals surface area contributed by atoms with Crippen molar-refractivity contribution in [3.63, 3.8) is 0 Å². The number of halogens is 1. The number of hydrogen-bond acceptors (Lipinski definition) is 8. The summed E-state index contributed by atoms with van der Waals surface area (Å²) in [6, 6.07) is 2.99. The highest BCUT2D eigenvalue weighted by atomic mass is 19.1. The third-order valence-corrected chi connectivity index (χ3v) is 8.05. The van der Waals surface area contributed by atoms with Crippen molar-refractivity contribution in [2.75, 3.05) is 31.1 Å². The summed E-state index contributed by atoms with van der Waals surface area (Å²) in [4.78, 5) is 33.4. The van der Waals surface area contributed by atoms with E-state index in [-0.39, 0.29) is 23.6 Å². The van der Waals surface area contributed by atoms with Crippen LogP contribution >= 0.6 is 0 Å². The Morgan fingerprint density at radius 1 is 1.20 bits per heavy atom. The van der Waals surface area contributed by atoms with Crippen molar-refractivity contribution in [3.05, 3.63) is 62.4 Å². The zero-order chi connectivity index (χ0) is 28.3. The first-order valence-electron chi connectivity index (χ1n) is 13.6. The number of rotatable bonds is 6.